The van der Waals surface area contributed by atoms with Gasteiger partial charge in [0.05, 0.1) is 10.3 Å². The third-order valence-corrected chi connectivity index (χ3v) is 4.21. The van der Waals surface area contributed by atoms with Gasteiger partial charge in [0.15, 0.2) is 5.69 Å². The van der Waals surface area contributed by atoms with Gasteiger partial charge >= 0.3 is 5.69 Å². The summed E-state index contributed by atoms with van der Waals surface area (Å²) in [6, 6.07) is 9.00. The van der Waals surface area contributed by atoms with Gasteiger partial charge < -0.3 is 0 Å². The summed E-state index contributed by atoms with van der Waals surface area (Å²) in [7, 11) is 0. The Balaban J connectivity index is 1.86. The van der Waals surface area contributed by atoms with Crippen LogP contribution in [0.5, 0.6) is 0 Å². The van der Waals surface area contributed by atoms with E-state index in [0.717, 1.165) is 18.2 Å². The molecule has 1 heterocycles. The van der Waals surface area contributed by atoms with E-state index < -0.39 is 28.2 Å². The first-order chi connectivity index (χ1) is 14.3. The molecule has 0 unspecified atom stereocenters. The smallest absolute Gasteiger partial charge is 0.267 e. The van der Waals surface area contributed by atoms with E-state index in [1.165, 1.54) is 4.68 Å². The molecule has 0 fully saturated rings. The zero-order valence-corrected chi connectivity index (χ0v) is 15.7. The van der Waals surface area contributed by atoms with E-state index in [9.17, 15) is 28.9 Å². The molecular formula is C19H16FN5O5. The lowest BCUT2D eigenvalue weighted by atomic mass is 10.1. The number of hydrazine groups is 1. The number of nitro benzene ring substituents is 1. The van der Waals surface area contributed by atoms with Gasteiger partial charge in [0.2, 0.25) is 5.82 Å². The molecule has 3 aromatic rings. The Morgan fingerprint density at radius 2 is 1.80 bits per heavy atom. The number of aryl methyl sites for hydroxylation is 1. The molecule has 0 saturated heterocycles. The number of fused-ring (bicyclic) bond motifs is 1. The minimum Gasteiger partial charge on any atom is -0.267 e. The third-order valence-electron chi connectivity index (χ3n) is 4.21. The Morgan fingerprint density at radius 1 is 1.13 bits per heavy atom. The summed E-state index contributed by atoms with van der Waals surface area (Å²) in [5, 5.41) is 15.5. The molecule has 0 spiro atoms. The maximum atomic E-state index is 13.4. The van der Waals surface area contributed by atoms with Gasteiger partial charge in [0.1, 0.15) is 0 Å². The molecular weight excluding hydrogens is 397 g/mol. The largest absolute Gasteiger partial charge is 0.305 e. The lowest BCUT2D eigenvalue weighted by molar-refractivity contribution is -0.387. The predicted molar refractivity (Wildman–Crippen MR) is 104 cm³/mol. The van der Waals surface area contributed by atoms with Crippen molar-refractivity contribution in [3.63, 3.8) is 0 Å². The van der Waals surface area contributed by atoms with Crippen LogP contribution in [0.4, 0.5) is 10.1 Å². The number of nitrogens with one attached hydrogen (secondary N) is 2. The summed E-state index contributed by atoms with van der Waals surface area (Å²) in [5.41, 5.74) is 2.75. The number of rotatable bonds is 5. The number of hydrogen-bond acceptors (Lipinski definition) is 6. The van der Waals surface area contributed by atoms with Crippen molar-refractivity contribution in [2.75, 3.05) is 0 Å². The quantitative estimate of drug-likeness (QED) is 0.484. The fourth-order valence-electron chi connectivity index (χ4n) is 2.80. The van der Waals surface area contributed by atoms with Gasteiger partial charge in [-0.25, -0.2) is 4.68 Å². The molecule has 0 aliphatic carbocycles. The summed E-state index contributed by atoms with van der Waals surface area (Å²) >= 11 is 0. The number of carbonyl (C=O) groups is 2. The van der Waals surface area contributed by atoms with Crippen molar-refractivity contribution in [2.24, 2.45) is 0 Å². The summed E-state index contributed by atoms with van der Waals surface area (Å²) in [5.74, 6) is -2.77. The van der Waals surface area contributed by atoms with Crippen molar-refractivity contribution >= 4 is 28.3 Å². The maximum Gasteiger partial charge on any atom is 0.305 e. The molecule has 0 aliphatic rings. The van der Waals surface area contributed by atoms with Crippen LogP contribution >= 0.6 is 0 Å². The summed E-state index contributed by atoms with van der Waals surface area (Å²) in [6.07, 6.45) is 0.617. The molecule has 2 amide bonds. The van der Waals surface area contributed by atoms with Gasteiger partial charge in [-0.1, -0.05) is 25.1 Å². The van der Waals surface area contributed by atoms with Gasteiger partial charge in [0.25, 0.3) is 17.4 Å². The van der Waals surface area contributed by atoms with Crippen molar-refractivity contribution in [1.82, 2.24) is 20.6 Å². The van der Waals surface area contributed by atoms with Crippen LogP contribution in [0, 0.1) is 15.9 Å². The first kappa shape index (κ1) is 20.6. The third kappa shape index (κ3) is 3.99. The van der Waals surface area contributed by atoms with Gasteiger partial charge in [-0.3, -0.25) is 35.3 Å². The highest BCUT2D eigenvalue weighted by atomic mass is 19.1. The van der Waals surface area contributed by atoms with Crippen molar-refractivity contribution < 1.29 is 18.9 Å². The first-order valence-electron chi connectivity index (χ1n) is 8.88. The summed E-state index contributed by atoms with van der Waals surface area (Å²) in [6.45, 7) is 2.15. The molecule has 2 aromatic carbocycles. The zero-order chi connectivity index (χ0) is 21.8. The number of aromatic nitrogens is 2. The molecule has 3 rings (SSSR count). The molecule has 30 heavy (non-hydrogen) atoms. The van der Waals surface area contributed by atoms with Gasteiger partial charge in [-0.2, -0.15) is 9.49 Å². The highest BCUT2D eigenvalue weighted by Gasteiger charge is 2.20. The van der Waals surface area contributed by atoms with Crippen LogP contribution in [0.15, 0.2) is 47.3 Å². The zero-order valence-electron chi connectivity index (χ0n) is 15.7. The van der Waals surface area contributed by atoms with Gasteiger partial charge in [-0.15, -0.1) is 0 Å². The van der Waals surface area contributed by atoms with E-state index in [1.807, 2.05) is 6.92 Å². The molecule has 0 aliphatic heterocycles. The Kier molecular flexibility index (Phi) is 5.81. The summed E-state index contributed by atoms with van der Waals surface area (Å²) < 4.78 is 14.6. The van der Waals surface area contributed by atoms with Crippen LogP contribution < -0.4 is 16.4 Å². The van der Waals surface area contributed by atoms with Gasteiger partial charge in [-0.05, 0) is 24.6 Å². The van der Waals surface area contributed by atoms with Crippen LogP contribution in [0.25, 0.3) is 10.8 Å². The van der Waals surface area contributed by atoms with Crippen molar-refractivity contribution in [3.8, 4) is 0 Å². The molecule has 2 N–H and O–H groups in total. The molecule has 10 nitrogen and oxygen atoms in total. The van der Waals surface area contributed by atoms with Crippen molar-refractivity contribution in [2.45, 2.75) is 19.9 Å². The van der Waals surface area contributed by atoms with Crippen LogP contribution in [0.3, 0.4) is 0 Å². The Morgan fingerprint density at radius 3 is 2.47 bits per heavy atom. The Bertz CT molecular complexity index is 1220. The second-order valence-electron chi connectivity index (χ2n) is 6.25. The topological polar surface area (TPSA) is 136 Å². The second kappa shape index (κ2) is 8.47. The maximum absolute atomic E-state index is 13.4. The minimum absolute atomic E-state index is 0.0796. The SMILES string of the molecule is CCCn1nc(C(=O)NNC(=O)c2ccc(F)c([N+](=O)[O-])c2)c2ccccc2c1=O. The standard InChI is InChI=1S/C19H16FN5O5/c1-2-9-24-19(28)13-6-4-3-5-12(13)16(23-24)18(27)22-21-17(26)11-7-8-14(20)15(10-11)25(29)30/h3-8,10H,2,9H2,1H3,(H,21,26)(H,22,27). The Hall–Kier alpha value is -4.15. The minimum atomic E-state index is -1.09. The lowest BCUT2D eigenvalue weighted by Crippen LogP contribution is -2.42. The monoisotopic (exact) mass is 413 g/mol. The molecule has 154 valence electrons. The molecule has 11 heteroatoms. The number of nitrogens with zero attached hydrogens (tertiary/aromatic N) is 3. The Labute approximate surface area is 168 Å². The van der Waals surface area contributed by atoms with E-state index in [-0.39, 0.29) is 16.8 Å². The number of nitro groups is 1. The van der Waals surface area contributed by atoms with Crippen LogP contribution in [0.2, 0.25) is 0 Å². The highest BCUT2D eigenvalue weighted by molar-refractivity contribution is 6.06. The van der Waals surface area contributed by atoms with E-state index in [0.29, 0.717) is 23.7 Å². The number of amides is 2. The number of halogens is 1. The van der Waals surface area contributed by atoms with Crippen molar-refractivity contribution in [1.29, 1.82) is 0 Å². The van der Waals surface area contributed by atoms with Crippen LogP contribution in [-0.2, 0) is 6.54 Å². The van der Waals surface area contributed by atoms with Crippen LogP contribution in [-0.4, -0.2) is 26.5 Å². The number of hydrogen-bond donors (Lipinski definition) is 2. The first-order valence-corrected chi connectivity index (χ1v) is 8.88. The van der Waals surface area contributed by atoms with E-state index in [2.05, 4.69) is 16.0 Å². The number of carbonyl (C=O) groups excluding carboxylic acids is 2. The molecule has 0 radical (unpaired) electrons. The van der Waals surface area contributed by atoms with Gasteiger partial charge in [0, 0.05) is 23.6 Å². The van der Waals surface area contributed by atoms with E-state index in [1.54, 1.807) is 24.3 Å². The summed E-state index contributed by atoms with van der Waals surface area (Å²) in [4.78, 5) is 47.2. The fraction of sp³-hybridized carbons (Fsp3) is 0.158. The number of benzene rings is 2. The average Bonchev–Trinajstić information content (AvgIpc) is 2.74. The molecule has 1 aromatic heterocycles. The van der Waals surface area contributed by atoms with Crippen LogP contribution in [0.1, 0.15) is 34.2 Å². The predicted octanol–water partition coefficient (Wildman–Crippen LogP) is 1.93. The lowest BCUT2D eigenvalue weighted by Gasteiger charge is -2.11. The average molecular weight is 413 g/mol. The molecule has 0 bridgehead atoms. The fourth-order valence-corrected chi connectivity index (χ4v) is 2.80. The normalized spacial score (nSPS) is 10.6. The van der Waals surface area contributed by atoms with Crippen molar-refractivity contribution in [3.05, 3.63) is 80.0 Å². The molecule has 0 atom stereocenters. The van der Waals surface area contributed by atoms with E-state index >= 15 is 0 Å². The molecule has 0 saturated carbocycles. The highest BCUT2D eigenvalue weighted by Crippen LogP contribution is 2.18. The van der Waals surface area contributed by atoms with E-state index in [4.69, 9.17) is 0 Å². The second-order valence-corrected chi connectivity index (χ2v) is 6.25.